The van der Waals surface area contributed by atoms with Crippen LogP contribution < -0.4 is 21.1 Å². The third-order valence-electron chi connectivity index (χ3n) is 6.56. The molecular formula is C29H30ClFN4O3. The Morgan fingerprint density at radius 1 is 1.11 bits per heavy atom. The highest BCUT2D eigenvalue weighted by molar-refractivity contribution is 6.32. The van der Waals surface area contributed by atoms with Crippen molar-refractivity contribution in [2.75, 3.05) is 49.8 Å². The minimum atomic E-state index is -0.476. The van der Waals surface area contributed by atoms with Crippen LogP contribution in [0.2, 0.25) is 5.02 Å². The van der Waals surface area contributed by atoms with E-state index >= 15 is 0 Å². The zero-order valence-corrected chi connectivity index (χ0v) is 21.7. The average Bonchev–Trinajstić information content (AvgIpc) is 3.34. The summed E-state index contributed by atoms with van der Waals surface area (Å²) in [7, 11) is 1.51. The van der Waals surface area contributed by atoms with E-state index in [1.165, 1.54) is 13.2 Å². The second kappa shape index (κ2) is 12.6. The molecule has 2 atom stereocenters. The molecule has 0 bridgehead atoms. The fourth-order valence-corrected chi connectivity index (χ4v) is 4.77. The Kier molecular flexibility index (Phi) is 8.99. The summed E-state index contributed by atoms with van der Waals surface area (Å²) in [6, 6.07) is 19.8. The third-order valence-corrected chi connectivity index (χ3v) is 6.87. The van der Waals surface area contributed by atoms with Gasteiger partial charge in [0.1, 0.15) is 12.4 Å². The number of likely N-dealkylation sites (tertiary alicyclic amines) is 1. The molecule has 1 saturated heterocycles. The van der Waals surface area contributed by atoms with Gasteiger partial charge in [-0.15, -0.1) is 0 Å². The summed E-state index contributed by atoms with van der Waals surface area (Å²) in [6.07, 6.45) is 3.15. The molecule has 198 valence electrons. The molecule has 38 heavy (non-hydrogen) atoms. The van der Waals surface area contributed by atoms with Crippen LogP contribution in [0.25, 0.3) is 6.08 Å². The van der Waals surface area contributed by atoms with E-state index in [2.05, 4.69) is 10.6 Å². The molecule has 1 fully saturated rings. The van der Waals surface area contributed by atoms with Crippen LogP contribution >= 0.6 is 11.6 Å². The number of halogens is 2. The predicted molar refractivity (Wildman–Crippen MR) is 150 cm³/mol. The number of nitrogens with two attached hydrogens (primary N) is 1. The number of benzene rings is 3. The molecule has 1 aliphatic rings. The lowest BCUT2D eigenvalue weighted by atomic mass is 9.88. The Bertz CT molecular complexity index is 1320. The Morgan fingerprint density at radius 2 is 1.87 bits per heavy atom. The Balaban J connectivity index is 1.45. The number of alkyl halides is 1. The van der Waals surface area contributed by atoms with Crippen LogP contribution in [0.1, 0.15) is 17.0 Å². The molecule has 7 nitrogen and oxygen atoms in total. The number of methoxy groups -OCH3 is 1. The van der Waals surface area contributed by atoms with E-state index in [0.717, 1.165) is 11.1 Å². The number of nitrogens with one attached hydrogen (secondary N) is 2. The molecule has 3 aromatic rings. The Morgan fingerprint density at radius 3 is 2.58 bits per heavy atom. The van der Waals surface area contributed by atoms with Crippen molar-refractivity contribution in [1.82, 2.24) is 4.90 Å². The first kappa shape index (κ1) is 27.2. The summed E-state index contributed by atoms with van der Waals surface area (Å²) in [5.41, 5.74) is 9.30. The number of hydrogen-bond donors (Lipinski definition) is 3. The quantitative estimate of drug-likeness (QED) is 0.258. The third kappa shape index (κ3) is 6.70. The highest BCUT2D eigenvalue weighted by atomic mass is 35.5. The molecule has 4 rings (SSSR count). The van der Waals surface area contributed by atoms with Gasteiger partial charge >= 0.3 is 0 Å². The number of carbonyl (C=O) groups excluding carboxylic acids is 2. The first-order valence-electron chi connectivity index (χ1n) is 12.2. The largest absolute Gasteiger partial charge is 0.495 e. The van der Waals surface area contributed by atoms with Gasteiger partial charge in [0.05, 0.1) is 29.4 Å². The lowest BCUT2D eigenvalue weighted by molar-refractivity contribution is -0.120. The monoisotopic (exact) mass is 536 g/mol. The number of para-hydroxylation sites is 2. The van der Waals surface area contributed by atoms with Crippen molar-refractivity contribution in [3.05, 3.63) is 89.0 Å². The Hall–Kier alpha value is -3.88. The molecule has 0 spiro atoms. The minimum absolute atomic E-state index is 0.113. The molecule has 3 aromatic carbocycles. The molecule has 1 aliphatic heterocycles. The van der Waals surface area contributed by atoms with Gasteiger partial charge in [0.25, 0.3) is 0 Å². The number of ether oxygens (including phenoxy) is 1. The van der Waals surface area contributed by atoms with Gasteiger partial charge in [-0.2, -0.15) is 0 Å². The van der Waals surface area contributed by atoms with E-state index < -0.39 is 6.67 Å². The molecule has 0 radical (unpaired) electrons. The summed E-state index contributed by atoms with van der Waals surface area (Å²) < 4.78 is 18.4. The smallest absolute Gasteiger partial charge is 0.248 e. The van der Waals surface area contributed by atoms with Crippen molar-refractivity contribution >= 4 is 46.6 Å². The predicted octanol–water partition coefficient (Wildman–Crippen LogP) is 5.21. The number of carbonyl (C=O) groups is 2. The van der Waals surface area contributed by atoms with Crippen molar-refractivity contribution in [1.29, 1.82) is 0 Å². The lowest BCUT2D eigenvalue weighted by Crippen LogP contribution is -2.29. The highest BCUT2D eigenvalue weighted by Crippen LogP contribution is 2.35. The van der Waals surface area contributed by atoms with Gasteiger partial charge in [-0.1, -0.05) is 48.0 Å². The van der Waals surface area contributed by atoms with E-state index in [1.807, 2.05) is 29.2 Å². The van der Waals surface area contributed by atoms with Crippen LogP contribution in [0.3, 0.4) is 0 Å². The normalized spacial score (nSPS) is 17.4. The van der Waals surface area contributed by atoms with E-state index in [1.54, 1.807) is 48.5 Å². The number of amides is 2. The maximum atomic E-state index is 13.3. The lowest BCUT2D eigenvalue weighted by Gasteiger charge is -2.19. The standard InChI is InChI=1S/C29H30ClFN4O3/c1-38-27-16-21(11-12-24(27)30)33-29(37)23-18-35(15-14-31)17-22(23)20-9-6-19(7-10-20)8-13-28(36)34-26-5-3-2-4-25(26)32/h2-13,16,22-23H,14-15,17-18,32H2,1H3,(H,33,37)(H,34,36)/b13-8+. The van der Waals surface area contributed by atoms with E-state index in [0.29, 0.717) is 40.9 Å². The summed E-state index contributed by atoms with van der Waals surface area (Å²) in [4.78, 5) is 27.5. The molecule has 0 aromatic heterocycles. The maximum absolute atomic E-state index is 13.3. The molecule has 0 aliphatic carbocycles. The first-order valence-corrected chi connectivity index (χ1v) is 12.6. The highest BCUT2D eigenvalue weighted by Gasteiger charge is 2.38. The topological polar surface area (TPSA) is 96.7 Å². The Labute approximate surface area is 226 Å². The van der Waals surface area contributed by atoms with Gasteiger partial charge < -0.3 is 21.1 Å². The van der Waals surface area contributed by atoms with Gasteiger partial charge in [-0.3, -0.25) is 14.5 Å². The summed E-state index contributed by atoms with van der Waals surface area (Å²) in [6.45, 7) is 0.824. The summed E-state index contributed by atoms with van der Waals surface area (Å²) >= 11 is 6.10. The van der Waals surface area contributed by atoms with Gasteiger partial charge in [0.2, 0.25) is 11.8 Å². The van der Waals surface area contributed by atoms with Crippen molar-refractivity contribution in [3.8, 4) is 5.75 Å². The zero-order valence-electron chi connectivity index (χ0n) is 21.0. The number of hydrogen-bond acceptors (Lipinski definition) is 5. The molecule has 2 unspecified atom stereocenters. The van der Waals surface area contributed by atoms with Crippen molar-refractivity contribution in [2.24, 2.45) is 5.92 Å². The fourth-order valence-electron chi connectivity index (χ4n) is 4.57. The zero-order chi connectivity index (χ0) is 27.1. The molecular weight excluding hydrogens is 507 g/mol. The molecule has 4 N–H and O–H groups in total. The number of nitrogen functional groups attached to an aromatic ring is 1. The van der Waals surface area contributed by atoms with Crippen LogP contribution in [0.15, 0.2) is 72.8 Å². The summed E-state index contributed by atoms with van der Waals surface area (Å²) in [5.74, 6) is -0.456. The van der Waals surface area contributed by atoms with Crippen LogP contribution in [-0.2, 0) is 9.59 Å². The molecule has 0 saturated carbocycles. The van der Waals surface area contributed by atoms with Crippen LogP contribution in [0.5, 0.6) is 5.75 Å². The van der Waals surface area contributed by atoms with E-state index in [4.69, 9.17) is 22.1 Å². The first-order chi connectivity index (χ1) is 18.4. The van der Waals surface area contributed by atoms with Gasteiger partial charge in [0, 0.05) is 43.4 Å². The van der Waals surface area contributed by atoms with Crippen molar-refractivity contribution in [3.63, 3.8) is 0 Å². The number of anilines is 3. The number of rotatable bonds is 9. The van der Waals surface area contributed by atoms with Crippen LogP contribution in [0.4, 0.5) is 21.5 Å². The van der Waals surface area contributed by atoms with E-state index in [9.17, 15) is 14.0 Å². The molecule has 1 heterocycles. The van der Waals surface area contributed by atoms with Crippen LogP contribution in [0, 0.1) is 5.92 Å². The maximum Gasteiger partial charge on any atom is 0.248 e. The van der Waals surface area contributed by atoms with Crippen LogP contribution in [-0.4, -0.2) is 50.1 Å². The SMILES string of the molecule is COc1cc(NC(=O)C2CN(CCF)CC2c2ccc(/C=C/C(=O)Nc3ccccc3N)cc2)ccc1Cl. The number of nitrogens with zero attached hydrogens (tertiary/aromatic N) is 1. The molecule has 2 amide bonds. The summed E-state index contributed by atoms with van der Waals surface area (Å²) in [5, 5.41) is 6.16. The van der Waals surface area contributed by atoms with E-state index in [-0.39, 0.29) is 30.2 Å². The molecule has 9 heteroatoms. The minimum Gasteiger partial charge on any atom is -0.495 e. The fraction of sp³-hybridized carbons (Fsp3) is 0.241. The van der Waals surface area contributed by atoms with Crippen molar-refractivity contribution < 1.29 is 18.7 Å². The van der Waals surface area contributed by atoms with Gasteiger partial charge in [-0.25, -0.2) is 4.39 Å². The second-order valence-electron chi connectivity index (χ2n) is 9.08. The van der Waals surface area contributed by atoms with Gasteiger partial charge in [-0.05, 0) is 41.5 Å². The van der Waals surface area contributed by atoms with Crippen molar-refractivity contribution in [2.45, 2.75) is 5.92 Å². The average molecular weight is 537 g/mol. The van der Waals surface area contributed by atoms with Gasteiger partial charge in [0.15, 0.2) is 0 Å². The second-order valence-corrected chi connectivity index (χ2v) is 9.48.